The summed E-state index contributed by atoms with van der Waals surface area (Å²) in [7, 11) is 2.19. The summed E-state index contributed by atoms with van der Waals surface area (Å²) in [5.41, 5.74) is 5.86. The van der Waals surface area contributed by atoms with E-state index >= 15 is 0 Å². The second-order valence-electron chi connectivity index (χ2n) is 4.81. The lowest BCUT2D eigenvalue weighted by atomic mass is 10.0. The van der Waals surface area contributed by atoms with Crippen LogP contribution in [0.1, 0.15) is 40.5 Å². The fraction of sp³-hybridized carbons (Fsp3) is 0.571. The molecule has 0 unspecified atom stereocenters. The molecule has 1 nitrogen and oxygen atoms in total. The largest absolute Gasteiger partial charge is 0.374 e. The number of hydrogen-bond acceptors (Lipinski definition) is 1. The van der Waals surface area contributed by atoms with Crippen molar-refractivity contribution in [1.29, 1.82) is 0 Å². The van der Waals surface area contributed by atoms with Gasteiger partial charge < -0.3 is 4.90 Å². The Morgan fingerprint density at radius 3 is 2.33 bits per heavy atom. The predicted octanol–water partition coefficient (Wildman–Crippen LogP) is 3.90. The van der Waals surface area contributed by atoms with Crippen LogP contribution in [0.15, 0.2) is 34.6 Å². The van der Waals surface area contributed by atoms with Crippen molar-refractivity contribution in [2.45, 2.75) is 40.5 Å². The summed E-state index contributed by atoms with van der Waals surface area (Å²) in [6.07, 6.45) is 6.91. The van der Waals surface area contributed by atoms with Gasteiger partial charge in [0, 0.05) is 19.3 Å². The second-order valence-corrected chi connectivity index (χ2v) is 4.81. The molecule has 15 heavy (non-hydrogen) atoms. The van der Waals surface area contributed by atoms with Crippen molar-refractivity contribution in [2.24, 2.45) is 0 Å². The van der Waals surface area contributed by atoms with Crippen LogP contribution >= 0.6 is 0 Å². The average molecular weight is 205 g/mol. The molecule has 0 heterocycles. The molecule has 0 saturated heterocycles. The lowest BCUT2D eigenvalue weighted by Crippen LogP contribution is -2.21. The van der Waals surface area contributed by atoms with Crippen molar-refractivity contribution in [1.82, 2.24) is 4.90 Å². The van der Waals surface area contributed by atoms with Gasteiger partial charge >= 0.3 is 0 Å². The summed E-state index contributed by atoms with van der Waals surface area (Å²) in [6.45, 7) is 9.84. The first-order chi connectivity index (χ1) is 7.00. The average Bonchev–Trinajstić information content (AvgIpc) is 2.18. The summed E-state index contributed by atoms with van der Waals surface area (Å²) in [5.74, 6) is 0. The molecule has 1 aliphatic rings. The van der Waals surface area contributed by atoms with Crippen LogP contribution in [-0.2, 0) is 0 Å². The Balaban J connectivity index is 2.63. The molecule has 0 aliphatic heterocycles. The standard InChI is InChI=1S/C14H23N/c1-11(2)13(4)10-15(5)14-8-6-12(3)7-9-14/h6,8H,7,9-10H2,1-5H3. The lowest BCUT2D eigenvalue weighted by Gasteiger charge is -2.25. The molecule has 0 bridgehead atoms. The van der Waals surface area contributed by atoms with E-state index in [2.05, 4.69) is 51.8 Å². The smallest absolute Gasteiger partial charge is 0.0382 e. The Labute approximate surface area is 94.2 Å². The zero-order valence-electron chi connectivity index (χ0n) is 10.7. The van der Waals surface area contributed by atoms with Crippen LogP contribution in [0.2, 0.25) is 0 Å². The van der Waals surface area contributed by atoms with Crippen LogP contribution in [-0.4, -0.2) is 18.5 Å². The zero-order valence-corrected chi connectivity index (χ0v) is 10.7. The minimum absolute atomic E-state index is 1.06. The quantitative estimate of drug-likeness (QED) is 0.632. The highest BCUT2D eigenvalue weighted by molar-refractivity contribution is 5.23. The second kappa shape index (κ2) is 5.20. The van der Waals surface area contributed by atoms with Crippen molar-refractivity contribution in [3.63, 3.8) is 0 Å². The molecular weight excluding hydrogens is 182 g/mol. The van der Waals surface area contributed by atoms with E-state index in [1.807, 2.05) is 0 Å². The van der Waals surface area contributed by atoms with Gasteiger partial charge in [0.15, 0.2) is 0 Å². The maximum Gasteiger partial charge on any atom is 0.0382 e. The maximum absolute atomic E-state index is 2.37. The molecule has 0 saturated carbocycles. The third-order valence-electron chi connectivity index (χ3n) is 3.15. The van der Waals surface area contributed by atoms with Crippen molar-refractivity contribution < 1.29 is 0 Å². The summed E-state index contributed by atoms with van der Waals surface area (Å²) in [4.78, 5) is 2.37. The van der Waals surface area contributed by atoms with Crippen molar-refractivity contribution in [3.8, 4) is 0 Å². The number of likely N-dealkylation sites (N-methyl/N-ethyl adjacent to an activating group) is 1. The molecular formula is C14H23N. The van der Waals surface area contributed by atoms with E-state index in [4.69, 9.17) is 0 Å². The Morgan fingerprint density at radius 1 is 1.20 bits per heavy atom. The van der Waals surface area contributed by atoms with Gasteiger partial charge in [-0.1, -0.05) is 22.8 Å². The molecule has 0 aromatic carbocycles. The normalized spacial score (nSPS) is 15.5. The lowest BCUT2D eigenvalue weighted by molar-refractivity contribution is 0.430. The molecule has 0 N–H and O–H groups in total. The minimum atomic E-state index is 1.06. The molecule has 0 atom stereocenters. The van der Waals surface area contributed by atoms with Crippen LogP contribution in [0.3, 0.4) is 0 Å². The van der Waals surface area contributed by atoms with Crippen LogP contribution in [0.5, 0.6) is 0 Å². The van der Waals surface area contributed by atoms with E-state index in [1.165, 1.54) is 35.3 Å². The highest BCUT2D eigenvalue weighted by Crippen LogP contribution is 2.20. The van der Waals surface area contributed by atoms with Crippen molar-refractivity contribution >= 4 is 0 Å². The van der Waals surface area contributed by atoms with Crippen LogP contribution in [0.25, 0.3) is 0 Å². The highest BCUT2D eigenvalue weighted by Gasteiger charge is 2.08. The monoisotopic (exact) mass is 205 g/mol. The van der Waals surface area contributed by atoms with Gasteiger partial charge in [-0.3, -0.25) is 0 Å². The van der Waals surface area contributed by atoms with Gasteiger partial charge in [0.05, 0.1) is 0 Å². The Kier molecular flexibility index (Phi) is 4.19. The molecule has 1 aliphatic carbocycles. The van der Waals surface area contributed by atoms with Gasteiger partial charge in [-0.25, -0.2) is 0 Å². The molecule has 0 spiro atoms. The van der Waals surface area contributed by atoms with E-state index in [9.17, 15) is 0 Å². The van der Waals surface area contributed by atoms with E-state index < -0.39 is 0 Å². The molecule has 0 aromatic rings. The van der Waals surface area contributed by atoms with Gasteiger partial charge in [-0.05, 0) is 46.6 Å². The number of nitrogens with zero attached hydrogens (tertiary/aromatic N) is 1. The van der Waals surface area contributed by atoms with Crippen molar-refractivity contribution in [3.05, 3.63) is 34.6 Å². The Hall–Kier alpha value is -0.980. The topological polar surface area (TPSA) is 3.24 Å². The first kappa shape index (κ1) is 12.1. The first-order valence-electron chi connectivity index (χ1n) is 5.71. The fourth-order valence-electron chi connectivity index (χ4n) is 1.66. The molecule has 0 fully saturated rings. The predicted molar refractivity (Wildman–Crippen MR) is 67.8 cm³/mol. The van der Waals surface area contributed by atoms with E-state index in [0.29, 0.717) is 0 Å². The molecule has 1 rings (SSSR count). The summed E-state index contributed by atoms with van der Waals surface area (Å²) in [6, 6.07) is 0. The summed E-state index contributed by atoms with van der Waals surface area (Å²) >= 11 is 0. The van der Waals surface area contributed by atoms with E-state index in [-0.39, 0.29) is 0 Å². The van der Waals surface area contributed by atoms with Gasteiger partial charge in [-0.2, -0.15) is 0 Å². The van der Waals surface area contributed by atoms with Gasteiger partial charge in [0.25, 0.3) is 0 Å². The third-order valence-corrected chi connectivity index (χ3v) is 3.15. The summed E-state index contributed by atoms with van der Waals surface area (Å²) in [5, 5.41) is 0. The van der Waals surface area contributed by atoms with Crippen molar-refractivity contribution in [2.75, 3.05) is 13.6 Å². The number of rotatable bonds is 3. The third kappa shape index (κ3) is 3.58. The Morgan fingerprint density at radius 2 is 1.87 bits per heavy atom. The molecule has 0 amide bonds. The summed E-state index contributed by atoms with van der Waals surface area (Å²) < 4.78 is 0. The van der Waals surface area contributed by atoms with Crippen LogP contribution in [0, 0.1) is 0 Å². The minimum Gasteiger partial charge on any atom is -0.374 e. The van der Waals surface area contributed by atoms with E-state index in [1.54, 1.807) is 0 Å². The van der Waals surface area contributed by atoms with Crippen LogP contribution < -0.4 is 0 Å². The molecule has 1 heteroatoms. The van der Waals surface area contributed by atoms with Crippen LogP contribution in [0.4, 0.5) is 0 Å². The molecule has 0 radical (unpaired) electrons. The van der Waals surface area contributed by atoms with Gasteiger partial charge in [0.1, 0.15) is 0 Å². The molecule has 0 aromatic heterocycles. The highest BCUT2D eigenvalue weighted by atomic mass is 15.1. The first-order valence-corrected chi connectivity index (χ1v) is 5.71. The van der Waals surface area contributed by atoms with Gasteiger partial charge in [0.2, 0.25) is 0 Å². The molecule has 84 valence electrons. The SMILES string of the molecule is CC1=CC=C(N(C)CC(C)=C(C)C)CC1. The number of hydrogen-bond donors (Lipinski definition) is 0. The number of allylic oxidation sites excluding steroid dienone is 5. The zero-order chi connectivity index (χ0) is 11.4. The van der Waals surface area contributed by atoms with E-state index in [0.717, 1.165) is 6.54 Å². The fourth-order valence-corrected chi connectivity index (χ4v) is 1.66. The Bertz CT molecular complexity index is 314. The maximum atomic E-state index is 2.37. The van der Waals surface area contributed by atoms with Gasteiger partial charge in [-0.15, -0.1) is 0 Å².